The van der Waals surface area contributed by atoms with Gasteiger partial charge in [-0.1, -0.05) is 26.0 Å². The molecule has 20 heavy (non-hydrogen) atoms. The Balaban J connectivity index is 0.000000829. The zero-order chi connectivity index (χ0) is 15.4. The number of anilines is 1. The zero-order valence-electron chi connectivity index (χ0n) is 12.2. The average molecular weight is 277 g/mol. The summed E-state index contributed by atoms with van der Waals surface area (Å²) in [4.78, 5) is 21.3. The molecule has 0 saturated carbocycles. The van der Waals surface area contributed by atoms with E-state index in [4.69, 9.17) is 9.90 Å². The summed E-state index contributed by atoms with van der Waals surface area (Å²) in [5, 5.41) is 8.64. The quantitative estimate of drug-likeness (QED) is 0.843. The van der Waals surface area contributed by atoms with Crippen molar-refractivity contribution in [3.8, 4) is 0 Å². The molecule has 1 aliphatic rings. The van der Waals surface area contributed by atoms with Gasteiger partial charge in [0.05, 0.1) is 6.26 Å². The summed E-state index contributed by atoms with van der Waals surface area (Å²) in [6.07, 6.45) is 3.98. The predicted molar refractivity (Wildman–Crippen MR) is 83.0 cm³/mol. The van der Waals surface area contributed by atoms with Crippen molar-refractivity contribution in [2.45, 2.75) is 26.7 Å². The molecule has 0 amide bonds. The van der Waals surface area contributed by atoms with Crippen molar-refractivity contribution in [3.05, 3.63) is 36.1 Å². The van der Waals surface area contributed by atoms with E-state index in [0.29, 0.717) is 18.6 Å². The minimum atomic E-state index is 0.357. The van der Waals surface area contributed by atoms with Gasteiger partial charge in [0.2, 0.25) is 0 Å². The van der Waals surface area contributed by atoms with Crippen LogP contribution in [0, 0.1) is 0 Å². The summed E-state index contributed by atoms with van der Waals surface area (Å²) in [6, 6.07) is 7.95. The van der Waals surface area contributed by atoms with Crippen LogP contribution in [0.3, 0.4) is 0 Å². The third-order valence-corrected chi connectivity index (χ3v) is 2.85. The Hall–Kier alpha value is -2.10. The van der Waals surface area contributed by atoms with Crippen molar-refractivity contribution in [2.75, 3.05) is 18.0 Å². The maximum absolute atomic E-state index is 11.1. The van der Waals surface area contributed by atoms with E-state index in [-0.39, 0.29) is 0 Å². The number of nitrogens with zero attached hydrogens (tertiary/aromatic N) is 1. The van der Waals surface area contributed by atoms with E-state index in [2.05, 4.69) is 4.90 Å². The molecule has 0 spiro atoms. The van der Waals surface area contributed by atoms with Crippen LogP contribution in [0.25, 0.3) is 6.08 Å². The fourth-order valence-corrected chi connectivity index (χ4v) is 1.90. The number of carbonyl (C=O) groups excluding carboxylic acids is 2. The summed E-state index contributed by atoms with van der Waals surface area (Å²) in [7, 11) is 0. The van der Waals surface area contributed by atoms with Crippen molar-refractivity contribution in [1.29, 1.82) is 0 Å². The van der Waals surface area contributed by atoms with Gasteiger partial charge >= 0.3 is 0 Å². The largest absolute Gasteiger partial charge is 0.516 e. The van der Waals surface area contributed by atoms with Crippen LogP contribution >= 0.6 is 0 Å². The van der Waals surface area contributed by atoms with Crippen molar-refractivity contribution < 1.29 is 14.7 Å². The second kappa shape index (κ2) is 10.8. The molecule has 0 bridgehead atoms. The zero-order valence-corrected chi connectivity index (χ0v) is 12.2. The minimum Gasteiger partial charge on any atom is -0.516 e. The molecule has 110 valence electrons. The molecule has 0 atom stereocenters. The monoisotopic (exact) mass is 277 g/mol. The number of carbonyl (C=O) groups is 2. The van der Waals surface area contributed by atoms with Gasteiger partial charge in [-0.25, -0.2) is 0 Å². The van der Waals surface area contributed by atoms with Gasteiger partial charge in [-0.3, -0.25) is 4.79 Å². The van der Waals surface area contributed by atoms with Crippen LogP contribution in [0.4, 0.5) is 5.69 Å². The number of ketones is 1. The second-order valence-corrected chi connectivity index (χ2v) is 3.93. The highest BCUT2D eigenvalue weighted by Crippen LogP contribution is 2.19. The highest BCUT2D eigenvalue weighted by atomic mass is 16.2. The first-order chi connectivity index (χ1) is 9.79. The van der Waals surface area contributed by atoms with Crippen LogP contribution in [-0.2, 0) is 9.59 Å². The molecular formula is C16H23NO3. The van der Waals surface area contributed by atoms with Crippen LogP contribution in [0.5, 0.6) is 0 Å². The van der Waals surface area contributed by atoms with Gasteiger partial charge in [-0.2, -0.15) is 0 Å². The summed E-state index contributed by atoms with van der Waals surface area (Å²) in [5.74, 6) is 0.357. The molecule has 0 unspecified atom stereocenters. The minimum absolute atomic E-state index is 0.357. The van der Waals surface area contributed by atoms with Crippen molar-refractivity contribution in [3.63, 3.8) is 0 Å². The maximum Gasteiger partial charge on any atom is 0.136 e. The highest BCUT2D eigenvalue weighted by molar-refractivity contribution is 5.81. The van der Waals surface area contributed by atoms with Crippen LogP contribution in [0.1, 0.15) is 32.3 Å². The summed E-state index contributed by atoms with van der Waals surface area (Å²) in [6.45, 7) is 7.63. The first kappa shape index (κ1) is 17.9. The second-order valence-electron chi connectivity index (χ2n) is 3.93. The molecule has 2 rings (SSSR count). The van der Waals surface area contributed by atoms with E-state index >= 15 is 0 Å². The number of hydrogen-bond donors (Lipinski definition) is 1. The lowest BCUT2D eigenvalue weighted by Crippen LogP contribution is -2.33. The Morgan fingerprint density at radius 2 is 1.60 bits per heavy atom. The number of piperidine rings is 1. The van der Waals surface area contributed by atoms with Gasteiger partial charge < -0.3 is 14.8 Å². The van der Waals surface area contributed by atoms with Gasteiger partial charge in [-0.05, 0) is 23.8 Å². The fraction of sp³-hybridized carbons (Fsp3) is 0.375. The standard InChI is InChI=1S/C13H15NO2.C2H6.CH2O/c15-10-7-11-1-3-12(4-2-11)14-8-5-13(16)6-9-14;2*1-2/h1-4,7,10,15H,5-6,8-9H2;1-2H3;1H2/b10-7+;;. The van der Waals surface area contributed by atoms with E-state index < -0.39 is 0 Å². The summed E-state index contributed by atoms with van der Waals surface area (Å²) in [5.41, 5.74) is 2.11. The van der Waals surface area contributed by atoms with Gasteiger partial charge in [0.15, 0.2) is 0 Å². The number of aliphatic hydroxyl groups is 1. The van der Waals surface area contributed by atoms with Crippen LogP contribution < -0.4 is 4.90 Å². The number of benzene rings is 1. The third-order valence-electron chi connectivity index (χ3n) is 2.85. The van der Waals surface area contributed by atoms with Crippen molar-refractivity contribution >= 4 is 24.3 Å². The maximum atomic E-state index is 11.1. The summed E-state index contributed by atoms with van der Waals surface area (Å²) < 4.78 is 0. The molecule has 1 fully saturated rings. The topological polar surface area (TPSA) is 57.6 Å². The van der Waals surface area contributed by atoms with Gasteiger partial charge in [0, 0.05) is 31.6 Å². The van der Waals surface area contributed by atoms with Crippen LogP contribution in [-0.4, -0.2) is 30.8 Å². The first-order valence-corrected chi connectivity index (χ1v) is 6.76. The van der Waals surface area contributed by atoms with Crippen LogP contribution in [0.15, 0.2) is 30.5 Å². The number of aliphatic hydroxyl groups excluding tert-OH is 1. The Labute approximate surface area is 120 Å². The lowest BCUT2D eigenvalue weighted by molar-refractivity contribution is -0.119. The molecule has 0 aromatic heterocycles. The van der Waals surface area contributed by atoms with Gasteiger partial charge in [-0.15, -0.1) is 0 Å². The SMILES string of the molecule is C=O.CC.O=C1CCN(c2ccc(/C=C/O)cc2)CC1. The molecule has 4 nitrogen and oxygen atoms in total. The van der Waals surface area contributed by atoms with Crippen LogP contribution in [0.2, 0.25) is 0 Å². The third kappa shape index (κ3) is 5.69. The van der Waals surface area contributed by atoms with E-state index in [1.165, 1.54) is 0 Å². The molecule has 0 radical (unpaired) electrons. The highest BCUT2D eigenvalue weighted by Gasteiger charge is 2.15. The van der Waals surface area contributed by atoms with Crippen molar-refractivity contribution in [2.24, 2.45) is 0 Å². The average Bonchev–Trinajstić information content (AvgIpc) is 2.53. The number of rotatable bonds is 2. The molecule has 1 heterocycles. The molecule has 4 heteroatoms. The fourth-order valence-electron chi connectivity index (χ4n) is 1.90. The molecule has 1 aromatic carbocycles. The predicted octanol–water partition coefficient (Wildman–Crippen LogP) is 3.23. The Morgan fingerprint density at radius 1 is 1.10 bits per heavy atom. The van der Waals surface area contributed by atoms with E-state index in [9.17, 15) is 4.79 Å². The Kier molecular flexibility index (Phi) is 9.66. The molecule has 1 saturated heterocycles. The normalized spacial score (nSPS) is 14.1. The number of Topliss-reactive ketones (excluding diaryl/α,β-unsaturated/α-hetero) is 1. The number of hydrogen-bond acceptors (Lipinski definition) is 4. The van der Waals surface area contributed by atoms with Gasteiger partial charge in [0.1, 0.15) is 12.6 Å². The lowest BCUT2D eigenvalue weighted by Gasteiger charge is -2.28. The Bertz CT molecular complexity index is 402. The Morgan fingerprint density at radius 3 is 2.05 bits per heavy atom. The summed E-state index contributed by atoms with van der Waals surface area (Å²) >= 11 is 0. The molecule has 1 aromatic rings. The molecular weight excluding hydrogens is 254 g/mol. The van der Waals surface area contributed by atoms with Crippen molar-refractivity contribution in [1.82, 2.24) is 0 Å². The van der Waals surface area contributed by atoms with Gasteiger partial charge in [0.25, 0.3) is 0 Å². The molecule has 1 aliphatic heterocycles. The van der Waals surface area contributed by atoms with E-state index in [1.807, 2.05) is 44.9 Å². The molecule has 1 N–H and O–H groups in total. The van der Waals surface area contributed by atoms with E-state index in [0.717, 1.165) is 30.6 Å². The lowest BCUT2D eigenvalue weighted by atomic mass is 10.1. The van der Waals surface area contributed by atoms with E-state index in [1.54, 1.807) is 6.08 Å². The molecule has 0 aliphatic carbocycles. The smallest absolute Gasteiger partial charge is 0.136 e. The first-order valence-electron chi connectivity index (χ1n) is 6.76.